The molecule has 6 rings (SSSR count). The molecule has 0 saturated carbocycles. The van der Waals surface area contributed by atoms with E-state index in [1.54, 1.807) is 6.33 Å². The Morgan fingerprint density at radius 1 is 0.846 bits per heavy atom. The summed E-state index contributed by atoms with van der Waals surface area (Å²) in [7, 11) is 0. The molecule has 2 heterocycles. The largest absolute Gasteiger partial charge is 0.490 e. The van der Waals surface area contributed by atoms with Crippen LogP contribution < -0.4 is 19.7 Å². The summed E-state index contributed by atoms with van der Waals surface area (Å²) in [5, 5.41) is 11.6. The lowest BCUT2D eigenvalue weighted by Crippen LogP contribution is -2.30. The molecule has 6 nitrogen and oxygen atoms in total. The van der Waals surface area contributed by atoms with Crippen LogP contribution in [0.25, 0.3) is 10.8 Å². The van der Waals surface area contributed by atoms with Gasteiger partial charge in [-0.05, 0) is 60.4 Å². The van der Waals surface area contributed by atoms with Gasteiger partial charge in [0, 0.05) is 18.0 Å². The van der Waals surface area contributed by atoms with Crippen LogP contribution in [-0.4, -0.2) is 22.8 Å². The fraction of sp³-hybridized carbons (Fsp3) is 0.212. The van der Waals surface area contributed by atoms with Crippen molar-refractivity contribution in [3.8, 4) is 23.1 Å². The summed E-state index contributed by atoms with van der Waals surface area (Å²) in [6.45, 7) is 5.69. The molecule has 4 aromatic carbocycles. The third-order valence-corrected chi connectivity index (χ3v) is 7.18. The van der Waals surface area contributed by atoms with Crippen molar-refractivity contribution in [2.45, 2.75) is 32.7 Å². The molecule has 0 amide bonds. The lowest BCUT2D eigenvalue weighted by atomic mass is 9.81. The van der Waals surface area contributed by atoms with Gasteiger partial charge in [0.2, 0.25) is 5.88 Å². The van der Waals surface area contributed by atoms with E-state index in [0.29, 0.717) is 31.1 Å². The van der Waals surface area contributed by atoms with Gasteiger partial charge in [0.15, 0.2) is 11.5 Å². The third-order valence-electron chi connectivity index (χ3n) is 7.18. The Kier molecular flexibility index (Phi) is 6.76. The minimum atomic E-state index is -0.168. The zero-order chi connectivity index (χ0) is 26.8. The standard InChI is InChI=1S/C33H31N3O3/c1-3-37-26-16-14-22(20-28(26)38-4-2)18-19-36-21-35-33-31(32(36)34)29(24-11-6-5-7-12-24)30-25-13-9-8-10-23(25)15-17-27(30)39-33/h5-17,20-21,29,34H,3-4,18-19H2,1-2H3. The second-order valence-electron chi connectivity index (χ2n) is 9.55. The monoisotopic (exact) mass is 517 g/mol. The fourth-order valence-electron chi connectivity index (χ4n) is 5.41. The van der Waals surface area contributed by atoms with Crippen LogP contribution in [0.15, 0.2) is 91.3 Å². The van der Waals surface area contributed by atoms with Crippen molar-refractivity contribution in [1.82, 2.24) is 9.55 Å². The van der Waals surface area contributed by atoms with Gasteiger partial charge in [0.05, 0.1) is 18.8 Å². The predicted molar refractivity (Wildman–Crippen MR) is 152 cm³/mol. The Hall–Kier alpha value is -4.58. The van der Waals surface area contributed by atoms with Gasteiger partial charge in [0.25, 0.3) is 0 Å². The lowest BCUT2D eigenvalue weighted by molar-refractivity contribution is 0.287. The Morgan fingerprint density at radius 2 is 1.62 bits per heavy atom. The molecule has 196 valence electrons. The molecule has 1 aliphatic rings. The highest BCUT2D eigenvalue weighted by Crippen LogP contribution is 2.47. The number of nitrogens with one attached hydrogen (secondary N) is 1. The second-order valence-corrected chi connectivity index (χ2v) is 9.55. The summed E-state index contributed by atoms with van der Waals surface area (Å²) in [6.07, 6.45) is 2.44. The summed E-state index contributed by atoms with van der Waals surface area (Å²) in [4.78, 5) is 4.71. The van der Waals surface area contributed by atoms with Gasteiger partial charge >= 0.3 is 0 Å². The van der Waals surface area contributed by atoms with Crippen LogP contribution in [0.3, 0.4) is 0 Å². The van der Waals surface area contributed by atoms with Gasteiger partial charge in [-0.2, -0.15) is 0 Å². The van der Waals surface area contributed by atoms with Crippen LogP contribution in [0.1, 0.15) is 42.0 Å². The molecule has 1 atom stereocenters. The van der Waals surface area contributed by atoms with Crippen molar-refractivity contribution in [2.75, 3.05) is 13.2 Å². The molecule has 0 radical (unpaired) electrons. The summed E-state index contributed by atoms with van der Waals surface area (Å²) < 4.78 is 19.8. The fourth-order valence-corrected chi connectivity index (χ4v) is 5.41. The van der Waals surface area contributed by atoms with Crippen LogP contribution in [0.2, 0.25) is 0 Å². The molecule has 6 heteroatoms. The van der Waals surface area contributed by atoms with Crippen molar-refractivity contribution in [1.29, 1.82) is 5.41 Å². The number of hydrogen-bond acceptors (Lipinski definition) is 5. The molecule has 5 aromatic rings. The minimum absolute atomic E-state index is 0.168. The van der Waals surface area contributed by atoms with E-state index < -0.39 is 0 Å². The van der Waals surface area contributed by atoms with E-state index >= 15 is 0 Å². The summed E-state index contributed by atoms with van der Waals surface area (Å²) in [5.41, 5.74) is 4.49. The zero-order valence-electron chi connectivity index (χ0n) is 22.2. The first-order valence-electron chi connectivity index (χ1n) is 13.4. The van der Waals surface area contributed by atoms with Gasteiger partial charge in [-0.25, -0.2) is 4.98 Å². The number of nitrogens with zero attached hydrogens (tertiary/aromatic N) is 2. The number of aromatic nitrogens is 2. The molecular weight excluding hydrogens is 486 g/mol. The molecule has 0 bridgehead atoms. The highest BCUT2D eigenvalue weighted by atomic mass is 16.5. The Bertz CT molecular complexity index is 1690. The van der Waals surface area contributed by atoms with Crippen molar-refractivity contribution in [2.24, 2.45) is 0 Å². The molecule has 1 N–H and O–H groups in total. The SMILES string of the molecule is CCOc1ccc(CCn2cnc3c(c2=N)C(c2ccccc2)c2c(ccc4ccccc24)O3)cc1OCC. The number of rotatable bonds is 8. The number of fused-ring (bicyclic) bond motifs is 4. The molecule has 1 unspecified atom stereocenters. The van der Waals surface area contributed by atoms with E-state index in [0.717, 1.165) is 56.7 Å². The minimum Gasteiger partial charge on any atom is -0.490 e. The predicted octanol–water partition coefficient (Wildman–Crippen LogP) is 6.84. The average molecular weight is 518 g/mol. The van der Waals surface area contributed by atoms with Crippen LogP contribution in [-0.2, 0) is 13.0 Å². The Labute approximate surface area is 228 Å². The van der Waals surface area contributed by atoms with Crippen LogP contribution in [0, 0.1) is 5.41 Å². The molecule has 1 aliphatic heterocycles. The molecule has 0 aliphatic carbocycles. The maximum absolute atomic E-state index is 9.31. The molecule has 1 aromatic heterocycles. The topological polar surface area (TPSA) is 69.4 Å². The number of ether oxygens (including phenoxy) is 3. The van der Waals surface area contributed by atoms with Crippen molar-refractivity contribution >= 4 is 10.8 Å². The van der Waals surface area contributed by atoms with Gasteiger partial charge < -0.3 is 18.8 Å². The first-order valence-corrected chi connectivity index (χ1v) is 13.4. The molecule has 0 fully saturated rings. The maximum Gasteiger partial charge on any atom is 0.228 e. The Balaban J connectivity index is 1.41. The van der Waals surface area contributed by atoms with Crippen molar-refractivity contribution in [3.05, 3.63) is 119 Å². The average Bonchev–Trinajstić information content (AvgIpc) is 2.97. The highest BCUT2D eigenvalue weighted by molar-refractivity contribution is 5.90. The number of benzene rings is 4. The number of hydrogen-bond donors (Lipinski definition) is 1. The molecule has 39 heavy (non-hydrogen) atoms. The molecule has 0 spiro atoms. The van der Waals surface area contributed by atoms with Gasteiger partial charge in [-0.15, -0.1) is 0 Å². The van der Waals surface area contributed by atoms with E-state index in [1.165, 1.54) is 0 Å². The van der Waals surface area contributed by atoms with Gasteiger partial charge in [-0.3, -0.25) is 5.41 Å². The summed E-state index contributed by atoms with van der Waals surface area (Å²) in [5.74, 6) is 2.61. The maximum atomic E-state index is 9.31. The van der Waals surface area contributed by atoms with Crippen molar-refractivity contribution in [3.63, 3.8) is 0 Å². The van der Waals surface area contributed by atoms with E-state index in [1.807, 2.05) is 60.9 Å². The van der Waals surface area contributed by atoms with Gasteiger partial charge in [0.1, 0.15) is 17.6 Å². The molecule has 0 saturated heterocycles. The first kappa shape index (κ1) is 24.7. The van der Waals surface area contributed by atoms with Crippen molar-refractivity contribution < 1.29 is 14.2 Å². The van der Waals surface area contributed by atoms with E-state index in [9.17, 15) is 5.41 Å². The van der Waals surface area contributed by atoms with Crippen LogP contribution in [0.5, 0.6) is 23.1 Å². The normalized spacial score (nSPS) is 13.8. The molecular formula is C33H31N3O3. The number of aryl methyl sites for hydroxylation is 2. The second kappa shape index (κ2) is 10.7. The highest BCUT2D eigenvalue weighted by Gasteiger charge is 2.33. The van der Waals surface area contributed by atoms with E-state index in [2.05, 4.69) is 42.5 Å². The van der Waals surface area contributed by atoms with E-state index in [-0.39, 0.29) is 5.92 Å². The quantitative estimate of drug-likeness (QED) is 0.240. The first-order chi connectivity index (χ1) is 19.2. The third kappa shape index (κ3) is 4.63. The summed E-state index contributed by atoms with van der Waals surface area (Å²) in [6, 6.07) is 28.9. The smallest absolute Gasteiger partial charge is 0.228 e. The van der Waals surface area contributed by atoms with Gasteiger partial charge in [-0.1, -0.05) is 66.7 Å². The van der Waals surface area contributed by atoms with Crippen LogP contribution in [0.4, 0.5) is 0 Å². The summed E-state index contributed by atoms with van der Waals surface area (Å²) >= 11 is 0. The van der Waals surface area contributed by atoms with E-state index in [4.69, 9.17) is 19.2 Å². The van der Waals surface area contributed by atoms with Crippen LogP contribution >= 0.6 is 0 Å². The Morgan fingerprint density at radius 3 is 2.44 bits per heavy atom. The zero-order valence-corrected chi connectivity index (χ0v) is 22.2. The lowest BCUT2D eigenvalue weighted by Gasteiger charge is -2.29.